The molecule has 0 atom stereocenters. The fourth-order valence-corrected chi connectivity index (χ4v) is 4.34. The average Bonchev–Trinajstić information content (AvgIpc) is 2.75. The molecule has 0 radical (unpaired) electrons. The number of nitrogens with one attached hydrogen (secondary N) is 1. The van der Waals surface area contributed by atoms with Crippen molar-refractivity contribution < 1.29 is 22.3 Å². The van der Waals surface area contributed by atoms with E-state index in [9.17, 15) is 17.6 Å². The third-order valence-electron chi connectivity index (χ3n) is 4.25. The number of nitrogens with zero attached hydrogens (tertiary/aromatic N) is 1. The second-order valence-corrected chi connectivity index (χ2v) is 8.75. The van der Waals surface area contributed by atoms with Crippen LogP contribution in [0.1, 0.15) is 6.92 Å². The van der Waals surface area contributed by atoms with Gasteiger partial charge in [-0.25, -0.2) is 12.8 Å². The topological polar surface area (TPSA) is 75.7 Å². The number of carbonyl (C=O) groups is 1. The number of ether oxygens (including phenoxy) is 1. The number of amides is 1. The molecule has 162 valence electrons. The zero-order valence-corrected chi connectivity index (χ0v) is 18.2. The molecule has 3 aromatic rings. The van der Waals surface area contributed by atoms with E-state index in [0.717, 1.165) is 4.31 Å². The zero-order valence-electron chi connectivity index (χ0n) is 16.6. The molecular formula is C22H20ClFN2O4S. The van der Waals surface area contributed by atoms with Gasteiger partial charge in [0.25, 0.3) is 10.0 Å². The lowest BCUT2D eigenvalue weighted by Crippen LogP contribution is -2.38. The summed E-state index contributed by atoms with van der Waals surface area (Å²) in [6.07, 6.45) is 0. The Morgan fingerprint density at radius 1 is 1.00 bits per heavy atom. The Hall–Kier alpha value is -3.10. The van der Waals surface area contributed by atoms with Crippen LogP contribution in [0, 0.1) is 5.82 Å². The first-order valence-electron chi connectivity index (χ1n) is 9.36. The van der Waals surface area contributed by atoms with Crippen molar-refractivity contribution in [2.45, 2.75) is 11.8 Å². The number of halogens is 2. The quantitative estimate of drug-likeness (QED) is 0.526. The van der Waals surface area contributed by atoms with Gasteiger partial charge in [-0.2, -0.15) is 0 Å². The molecule has 0 aromatic heterocycles. The minimum absolute atomic E-state index is 0.0135. The van der Waals surface area contributed by atoms with E-state index < -0.39 is 28.3 Å². The first-order valence-corrected chi connectivity index (χ1v) is 11.2. The van der Waals surface area contributed by atoms with Gasteiger partial charge in [-0.15, -0.1) is 0 Å². The Balaban J connectivity index is 1.92. The number of benzene rings is 3. The van der Waals surface area contributed by atoms with Crippen molar-refractivity contribution in [2.75, 3.05) is 22.8 Å². The van der Waals surface area contributed by atoms with E-state index in [4.69, 9.17) is 16.3 Å². The molecule has 0 aliphatic carbocycles. The summed E-state index contributed by atoms with van der Waals surface area (Å²) in [5, 5.41) is 2.97. The fraction of sp³-hybridized carbons (Fsp3) is 0.136. The van der Waals surface area contributed by atoms with Crippen LogP contribution in [0.2, 0.25) is 5.02 Å². The lowest BCUT2D eigenvalue weighted by molar-refractivity contribution is -0.114. The van der Waals surface area contributed by atoms with Gasteiger partial charge in [-0.3, -0.25) is 9.10 Å². The summed E-state index contributed by atoms with van der Waals surface area (Å²) in [5.41, 5.74) is 0.634. The minimum atomic E-state index is -4.08. The summed E-state index contributed by atoms with van der Waals surface area (Å²) in [5.74, 6) is -0.455. The molecule has 31 heavy (non-hydrogen) atoms. The van der Waals surface area contributed by atoms with Gasteiger partial charge in [0.2, 0.25) is 5.91 Å². The van der Waals surface area contributed by atoms with Crippen LogP contribution in [0.5, 0.6) is 5.75 Å². The van der Waals surface area contributed by atoms with Crippen molar-refractivity contribution in [3.05, 3.63) is 83.6 Å². The van der Waals surface area contributed by atoms with Crippen LogP contribution < -0.4 is 14.4 Å². The lowest BCUT2D eigenvalue weighted by Gasteiger charge is -2.24. The van der Waals surface area contributed by atoms with Gasteiger partial charge < -0.3 is 10.1 Å². The summed E-state index contributed by atoms with van der Waals surface area (Å²) in [7, 11) is -4.08. The van der Waals surface area contributed by atoms with Crippen LogP contribution in [0.25, 0.3) is 0 Å². The molecule has 3 rings (SSSR count). The summed E-state index contributed by atoms with van der Waals surface area (Å²) >= 11 is 5.88. The predicted octanol–water partition coefficient (Wildman–Crippen LogP) is 4.71. The Labute approximate surface area is 185 Å². The molecule has 0 saturated carbocycles. The molecule has 0 bridgehead atoms. The molecule has 0 heterocycles. The largest absolute Gasteiger partial charge is 0.494 e. The van der Waals surface area contributed by atoms with Crippen LogP contribution in [-0.2, 0) is 14.8 Å². The first kappa shape index (κ1) is 22.6. The molecule has 3 aromatic carbocycles. The van der Waals surface area contributed by atoms with E-state index in [2.05, 4.69) is 5.32 Å². The van der Waals surface area contributed by atoms with Crippen LogP contribution >= 0.6 is 11.6 Å². The number of anilines is 2. The maximum absolute atomic E-state index is 13.3. The van der Waals surface area contributed by atoms with Gasteiger partial charge in [0, 0.05) is 10.7 Å². The molecular weight excluding hydrogens is 443 g/mol. The van der Waals surface area contributed by atoms with Crippen LogP contribution in [-0.4, -0.2) is 27.5 Å². The Kier molecular flexibility index (Phi) is 7.14. The predicted molar refractivity (Wildman–Crippen MR) is 119 cm³/mol. The highest BCUT2D eigenvalue weighted by Gasteiger charge is 2.27. The normalized spacial score (nSPS) is 11.1. The highest BCUT2D eigenvalue weighted by atomic mass is 35.5. The summed E-state index contributed by atoms with van der Waals surface area (Å²) in [4.78, 5) is 12.6. The maximum Gasteiger partial charge on any atom is 0.264 e. The average molecular weight is 463 g/mol. The molecule has 0 saturated heterocycles. The summed E-state index contributed by atoms with van der Waals surface area (Å²) < 4.78 is 46.1. The molecule has 1 N–H and O–H groups in total. The van der Waals surface area contributed by atoms with Gasteiger partial charge in [0.15, 0.2) is 0 Å². The SMILES string of the molecule is CCOc1ccc(N(CC(=O)Nc2ccc(F)cc2)S(=O)(=O)c2ccc(Cl)cc2)cc1. The van der Waals surface area contributed by atoms with Crippen molar-refractivity contribution in [3.8, 4) is 5.75 Å². The Morgan fingerprint density at radius 3 is 2.19 bits per heavy atom. The Morgan fingerprint density at radius 2 is 1.61 bits per heavy atom. The highest BCUT2D eigenvalue weighted by molar-refractivity contribution is 7.92. The monoisotopic (exact) mass is 462 g/mol. The molecule has 0 aliphatic rings. The highest BCUT2D eigenvalue weighted by Crippen LogP contribution is 2.27. The van der Waals surface area contributed by atoms with Gasteiger partial charge >= 0.3 is 0 Å². The van der Waals surface area contributed by atoms with E-state index in [0.29, 0.717) is 23.1 Å². The number of hydrogen-bond acceptors (Lipinski definition) is 4. The van der Waals surface area contributed by atoms with Crippen LogP contribution in [0.3, 0.4) is 0 Å². The van der Waals surface area contributed by atoms with E-state index in [-0.39, 0.29) is 10.6 Å². The fourth-order valence-electron chi connectivity index (χ4n) is 2.79. The third-order valence-corrected chi connectivity index (χ3v) is 6.29. The zero-order chi connectivity index (χ0) is 22.4. The molecule has 6 nitrogen and oxygen atoms in total. The van der Waals surface area contributed by atoms with Gasteiger partial charge in [-0.05, 0) is 79.7 Å². The van der Waals surface area contributed by atoms with E-state index in [1.54, 1.807) is 24.3 Å². The van der Waals surface area contributed by atoms with Crippen LogP contribution in [0.15, 0.2) is 77.7 Å². The number of hydrogen-bond donors (Lipinski definition) is 1. The van der Waals surface area contributed by atoms with Gasteiger partial charge in [0.1, 0.15) is 18.1 Å². The summed E-state index contributed by atoms with van der Waals surface area (Å²) in [6, 6.07) is 17.2. The van der Waals surface area contributed by atoms with E-state index >= 15 is 0 Å². The van der Waals surface area contributed by atoms with Crippen LogP contribution in [0.4, 0.5) is 15.8 Å². The van der Waals surface area contributed by atoms with Gasteiger partial charge in [-0.1, -0.05) is 11.6 Å². The lowest BCUT2D eigenvalue weighted by atomic mass is 10.3. The Bertz CT molecular complexity index is 1140. The summed E-state index contributed by atoms with van der Waals surface area (Å²) in [6.45, 7) is 1.81. The standard InChI is InChI=1S/C22H20ClFN2O4S/c1-2-30-20-11-9-19(10-12-20)26(31(28,29)21-13-3-16(23)4-14-21)15-22(27)25-18-7-5-17(24)6-8-18/h3-14H,2,15H2,1H3,(H,25,27). The molecule has 0 aliphatic heterocycles. The van der Waals surface area contributed by atoms with Gasteiger partial charge in [0.05, 0.1) is 17.2 Å². The molecule has 0 fully saturated rings. The smallest absolute Gasteiger partial charge is 0.264 e. The van der Waals surface area contributed by atoms with Crippen molar-refractivity contribution in [1.29, 1.82) is 0 Å². The number of carbonyl (C=O) groups excluding carboxylic acids is 1. The van der Waals surface area contributed by atoms with Crippen molar-refractivity contribution in [1.82, 2.24) is 0 Å². The van der Waals surface area contributed by atoms with Crippen molar-refractivity contribution >= 4 is 38.9 Å². The third kappa shape index (κ3) is 5.74. The second kappa shape index (κ2) is 9.80. The molecule has 0 spiro atoms. The molecule has 9 heteroatoms. The minimum Gasteiger partial charge on any atom is -0.494 e. The van der Waals surface area contributed by atoms with E-state index in [1.807, 2.05) is 6.92 Å². The second-order valence-electron chi connectivity index (χ2n) is 6.45. The van der Waals surface area contributed by atoms with E-state index in [1.165, 1.54) is 48.5 Å². The first-order chi connectivity index (χ1) is 14.8. The number of sulfonamides is 1. The number of rotatable bonds is 8. The molecule has 0 unspecified atom stereocenters. The molecule has 1 amide bonds. The maximum atomic E-state index is 13.3. The van der Waals surface area contributed by atoms with Crippen molar-refractivity contribution in [2.24, 2.45) is 0 Å². The van der Waals surface area contributed by atoms with Crippen molar-refractivity contribution in [3.63, 3.8) is 0 Å².